The molecule has 2 aromatic rings. The van der Waals surface area contributed by atoms with Crippen LogP contribution in [0.2, 0.25) is 0 Å². The number of nitrogen functional groups attached to an aromatic ring is 1. The maximum atomic E-state index is 11.4. The maximum Gasteiger partial charge on any atom is 0.354 e. The van der Waals surface area contributed by atoms with Gasteiger partial charge in [0.2, 0.25) is 0 Å². The third-order valence-electron chi connectivity index (χ3n) is 4.27. The van der Waals surface area contributed by atoms with Gasteiger partial charge in [-0.3, -0.25) is 4.68 Å². The minimum atomic E-state index is -0.513. The lowest BCUT2D eigenvalue weighted by atomic mass is 9.81. The second-order valence-electron chi connectivity index (χ2n) is 6.03. The van der Waals surface area contributed by atoms with Gasteiger partial charge in [0.1, 0.15) is 5.70 Å². The number of benzene rings is 1. The maximum absolute atomic E-state index is 11.4. The summed E-state index contributed by atoms with van der Waals surface area (Å²) < 4.78 is 6.27. The first kappa shape index (κ1) is 20.9. The van der Waals surface area contributed by atoms with Gasteiger partial charge in [-0.15, -0.1) is 11.8 Å². The van der Waals surface area contributed by atoms with Crippen LogP contribution in [0.4, 0.5) is 0 Å². The second kappa shape index (κ2) is 8.82. The number of thioether (sulfide) groups is 1. The van der Waals surface area contributed by atoms with Crippen LogP contribution in [0, 0.1) is 0 Å². The number of aromatic nitrogens is 1. The third-order valence-corrected chi connectivity index (χ3v) is 5.66. The van der Waals surface area contributed by atoms with Crippen molar-refractivity contribution in [3.05, 3.63) is 47.1 Å². The first-order chi connectivity index (χ1) is 11.8. The molecule has 25 heavy (non-hydrogen) atoms. The lowest BCUT2D eigenvalue weighted by molar-refractivity contribution is -0.136. The van der Waals surface area contributed by atoms with E-state index in [1.165, 1.54) is 24.4 Å². The zero-order valence-corrected chi connectivity index (χ0v) is 16.1. The van der Waals surface area contributed by atoms with E-state index in [1.54, 1.807) is 10.1 Å². The van der Waals surface area contributed by atoms with Gasteiger partial charge in [-0.1, -0.05) is 39.0 Å². The van der Waals surface area contributed by atoms with E-state index >= 15 is 0 Å². The minimum Gasteiger partial charge on any atom is -0.464 e. The van der Waals surface area contributed by atoms with E-state index in [0.717, 1.165) is 18.0 Å². The van der Waals surface area contributed by atoms with E-state index in [9.17, 15) is 4.79 Å². The molecular weight excluding hydrogens is 338 g/mol. The van der Waals surface area contributed by atoms with Crippen molar-refractivity contribution in [2.75, 3.05) is 20.1 Å². The largest absolute Gasteiger partial charge is 0.464 e. The molecule has 1 atom stereocenters. The van der Waals surface area contributed by atoms with Gasteiger partial charge in [0.05, 0.1) is 12.6 Å². The van der Waals surface area contributed by atoms with Crippen molar-refractivity contribution in [1.29, 1.82) is 0 Å². The molecule has 1 heterocycles. The number of para-hydroxylation sites is 1. The van der Waals surface area contributed by atoms with E-state index in [4.69, 9.17) is 16.7 Å². The van der Waals surface area contributed by atoms with Crippen molar-refractivity contribution in [2.45, 2.75) is 31.4 Å². The highest BCUT2D eigenvalue weighted by atomic mass is 32.2. The molecule has 0 radical (unpaired) electrons. The number of ether oxygens (including phenoxy) is 1. The van der Waals surface area contributed by atoms with E-state index in [1.807, 2.05) is 24.4 Å². The van der Waals surface area contributed by atoms with Crippen molar-refractivity contribution in [3.63, 3.8) is 0 Å². The summed E-state index contributed by atoms with van der Waals surface area (Å²) in [6, 6.07) is 8.06. The smallest absolute Gasteiger partial charge is 0.354 e. The van der Waals surface area contributed by atoms with Gasteiger partial charge < -0.3 is 21.4 Å². The molecule has 1 unspecified atom stereocenters. The highest BCUT2D eigenvalue weighted by Crippen LogP contribution is 2.39. The Kier molecular flexibility index (Phi) is 7.38. The highest BCUT2D eigenvalue weighted by Gasteiger charge is 2.31. The normalized spacial score (nSPS) is 13.1. The van der Waals surface area contributed by atoms with E-state index in [-0.39, 0.29) is 16.4 Å². The van der Waals surface area contributed by atoms with Gasteiger partial charge in [0.15, 0.2) is 0 Å². The van der Waals surface area contributed by atoms with Gasteiger partial charge in [-0.25, -0.2) is 4.79 Å². The van der Waals surface area contributed by atoms with Gasteiger partial charge in [-0.05, 0) is 11.6 Å². The summed E-state index contributed by atoms with van der Waals surface area (Å²) in [5.41, 5.74) is 7.81. The quantitative estimate of drug-likeness (QED) is 0.427. The molecule has 0 aliphatic heterocycles. The first-order valence-electron chi connectivity index (χ1n) is 7.78. The average molecular weight is 365 g/mol. The number of aliphatic hydroxyl groups excluding tert-OH is 1. The lowest BCUT2D eigenvalue weighted by Gasteiger charge is -2.30. The van der Waals surface area contributed by atoms with E-state index in [2.05, 4.69) is 31.6 Å². The molecule has 1 aromatic carbocycles. The molecule has 138 valence electrons. The van der Waals surface area contributed by atoms with Crippen LogP contribution in [-0.4, -0.2) is 35.2 Å². The van der Waals surface area contributed by atoms with Crippen LogP contribution >= 0.6 is 11.8 Å². The summed E-state index contributed by atoms with van der Waals surface area (Å²) in [6.45, 7) is 6.43. The Morgan fingerprint density at radius 1 is 1.36 bits per heavy atom. The number of esters is 1. The van der Waals surface area contributed by atoms with Gasteiger partial charge in [-0.2, -0.15) is 0 Å². The summed E-state index contributed by atoms with van der Waals surface area (Å²) in [5.74, 6) is 5.56. The second-order valence-corrected chi connectivity index (χ2v) is 7.25. The zero-order chi connectivity index (χ0) is 19.2. The molecule has 0 bridgehead atoms. The van der Waals surface area contributed by atoms with Gasteiger partial charge in [0, 0.05) is 34.8 Å². The van der Waals surface area contributed by atoms with Crippen LogP contribution in [-0.2, 0) is 14.9 Å². The van der Waals surface area contributed by atoms with Crippen molar-refractivity contribution >= 4 is 28.6 Å². The molecule has 0 aliphatic carbocycles. The Labute approximate surface area is 152 Å². The van der Waals surface area contributed by atoms with Crippen LogP contribution in [0.1, 0.15) is 26.3 Å². The summed E-state index contributed by atoms with van der Waals surface area (Å²) in [4.78, 5) is 11.4. The number of aliphatic hydroxyl groups is 1. The highest BCUT2D eigenvalue weighted by molar-refractivity contribution is 8.02. The summed E-state index contributed by atoms with van der Waals surface area (Å²) in [7, 11) is 2.32. The zero-order valence-electron chi connectivity index (χ0n) is 15.3. The monoisotopic (exact) mass is 365 g/mol. The fourth-order valence-corrected chi connectivity index (χ4v) is 3.36. The first-order valence-corrected chi connectivity index (χ1v) is 8.73. The summed E-state index contributed by atoms with van der Waals surface area (Å²) in [6.07, 6.45) is 1.97. The number of nitrogens with two attached hydrogens (primary N) is 2. The minimum absolute atomic E-state index is 0.112. The number of rotatable bonds is 5. The van der Waals surface area contributed by atoms with Crippen LogP contribution in [0.5, 0.6) is 0 Å². The Morgan fingerprint density at radius 3 is 2.56 bits per heavy atom. The van der Waals surface area contributed by atoms with Crippen molar-refractivity contribution in [2.24, 2.45) is 5.73 Å². The van der Waals surface area contributed by atoms with E-state index in [0.29, 0.717) is 0 Å². The Hall–Kier alpha value is -2.12. The standard InChI is InChI=1S/C17H23N3O2S.CH4O/c1-11(23-10-14(18)16(21)22-4)17(2,3)13-9-20(19)15-8-6-5-7-12(13)15;1-2/h5-11H,18-19H2,1-4H3;2H,1H3/b14-10-;. The van der Waals surface area contributed by atoms with Gasteiger partial charge >= 0.3 is 5.97 Å². The lowest BCUT2D eigenvalue weighted by Crippen LogP contribution is -2.28. The molecule has 6 nitrogen and oxygen atoms in total. The Bertz CT molecular complexity index is 753. The van der Waals surface area contributed by atoms with Crippen LogP contribution in [0.15, 0.2) is 41.6 Å². The predicted octanol–water partition coefficient (Wildman–Crippen LogP) is 2.34. The number of hydrogen-bond donors (Lipinski definition) is 3. The van der Waals surface area contributed by atoms with Crippen molar-refractivity contribution < 1.29 is 14.6 Å². The number of methoxy groups -OCH3 is 1. The Balaban J connectivity index is 0.00000151. The Morgan fingerprint density at radius 2 is 1.96 bits per heavy atom. The molecule has 0 saturated carbocycles. The summed E-state index contributed by atoms with van der Waals surface area (Å²) in [5, 5.41) is 9.97. The van der Waals surface area contributed by atoms with Crippen LogP contribution in [0.3, 0.4) is 0 Å². The number of carbonyl (C=O) groups excluding carboxylic acids is 1. The van der Waals surface area contributed by atoms with Crippen molar-refractivity contribution in [3.8, 4) is 0 Å². The molecule has 0 saturated heterocycles. The molecule has 0 amide bonds. The number of fused-ring (bicyclic) bond motifs is 1. The van der Waals surface area contributed by atoms with Gasteiger partial charge in [0.25, 0.3) is 0 Å². The van der Waals surface area contributed by atoms with E-state index < -0.39 is 5.97 Å². The van der Waals surface area contributed by atoms with Crippen LogP contribution < -0.4 is 11.6 Å². The SMILES string of the molecule is CO.COC(=O)/C(N)=C/SC(C)C(C)(C)c1cn(N)c2ccccc12. The number of carbonyl (C=O) groups is 1. The fraction of sp³-hybridized carbons (Fsp3) is 0.389. The average Bonchev–Trinajstić information content (AvgIpc) is 2.98. The predicted molar refractivity (Wildman–Crippen MR) is 105 cm³/mol. The molecule has 2 rings (SSSR count). The molecule has 0 aliphatic rings. The molecule has 0 spiro atoms. The molecule has 7 heteroatoms. The van der Waals surface area contributed by atoms with Crippen molar-refractivity contribution in [1.82, 2.24) is 4.68 Å². The van der Waals surface area contributed by atoms with Crippen LogP contribution in [0.25, 0.3) is 10.9 Å². The number of hydrogen-bond acceptors (Lipinski definition) is 6. The third kappa shape index (κ3) is 4.49. The molecule has 1 aromatic heterocycles. The topological polar surface area (TPSA) is 103 Å². The molecule has 0 fully saturated rings. The fourth-order valence-electron chi connectivity index (χ4n) is 2.45. The number of nitrogens with zero attached hydrogens (tertiary/aromatic N) is 1. The summed E-state index contributed by atoms with van der Waals surface area (Å²) >= 11 is 1.51. The molecular formula is C18H27N3O3S. The molecule has 5 N–H and O–H groups in total.